The van der Waals surface area contributed by atoms with Crippen molar-refractivity contribution in [2.75, 3.05) is 0 Å². The summed E-state index contributed by atoms with van der Waals surface area (Å²) in [6.45, 7) is 4.60. The highest BCUT2D eigenvalue weighted by molar-refractivity contribution is 7.31. The lowest BCUT2D eigenvalue weighted by Gasteiger charge is -2.12. The van der Waals surface area contributed by atoms with Gasteiger partial charge in [0.25, 0.3) is 0 Å². The van der Waals surface area contributed by atoms with Gasteiger partial charge in [-0.2, -0.15) is 0 Å². The number of hydrogen-bond acceptors (Lipinski definition) is 0. The molecule has 0 bridgehead atoms. The van der Waals surface area contributed by atoms with Gasteiger partial charge in [0.15, 0.2) is 0 Å². The van der Waals surface area contributed by atoms with E-state index in [1.807, 2.05) is 0 Å². The summed E-state index contributed by atoms with van der Waals surface area (Å²) in [5.74, 6) is 0. The van der Waals surface area contributed by atoms with Crippen molar-refractivity contribution in [2.45, 2.75) is 116 Å². The Kier molecular flexibility index (Phi) is 19.3. The van der Waals surface area contributed by atoms with Crippen LogP contribution in [0, 0.1) is 0 Å². The van der Waals surface area contributed by atoms with Crippen molar-refractivity contribution >= 4 is 26.6 Å². The van der Waals surface area contributed by atoms with Crippen LogP contribution in [-0.4, -0.2) is 26.6 Å². The second-order valence-corrected chi connectivity index (χ2v) is 14.0. The molecule has 6 radical (unpaired) electrons. The van der Waals surface area contributed by atoms with Crippen LogP contribution in [0.15, 0.2) is 0 Å². The molecule has 0 saturated carbocycles. The molecule has 0 aliphatic rings. The zero-order valence-electron chi connectivity index (χ0n) is 14.8. The summed E-state index contributed by atoms with van der Waals surface area (Å²) in [4.78, 5) is 0. The molecule has 0 aromatic rings. The fraction of sp³-hybridized carbons (Fsp3) is 1.00. The molecular weight excluding hydrogens is 300 g/mol. The first-order chi connectivity index (χ1) is 10.3. The third kappa shape index (κ3) is 16.8. The van der Waals surface area contributed by atoms with Crippen molar-refractivity contribution in [3.05, 3.63) is 0 Å². The van der Waals surface area contributed by atoms with E-state index in [0.29, 0.717) is 0 Å². The minimum absolute atomic E-state index is 0.0368. The van der Waals surface area contributed by atoms with Gasteiger partial charge >= 0.3 is 0 Å². The maximum atomic E-state index is 3.84. The maximum Gasteiger partial charge on any atom is 0.0303 e. The van der Waals surface area contributed by atoms with Gasteiger partial charge < -0.3 is 0 Å². The number of hydrogen-bond donors (Lipinski definition) is 0. The van der Waals surface area contributed by atoms with Crippen LogP contribution in [-0.2, 0) is 0 Å². The summed E-state index contributed by atoms with van der Waals surface area (Å²) in [5, 5.41) is 0. The van der Waals surface area contributed by atoms with Crippen LogP contribution < -0.4 is 0 Å². The molecule has 0 rings (SSSR count). The predicted octanol–water partition coefficient (Wildman–Crippen LogP) is 6.27. The van der Waals surface area contributed by atoms with E-state index in [1.54, 1.807) is 12.1 Å². The third-order valence-corrected chi connectivity index (χ3v) is 12.4. The molecule has 0 fully saturated rings. The largest absolute Gasteiger partial charge is 0.0654 e. The fourth-order valence-corrected chi connectivity index (χ4v) is 8.76. The first kappa shape index (κ1) is 21.7. The first-order valence-electron chi connectivity index (χ1n) is 9.62. The second-order valence-electron chi connectivity index (χ2n) is 6.47. The fourth-order valence-electron chi connectivity index (χ4n) is 2.84. The van der Waals surface area contributed by atoms with Gasteiger partial charge in [0.1, 0.15) is 0 Å². The van der Waals surface area contributed by atoms with E-state index >= 15 is 0 Å². The van der Waals surface area contributed by atoms with Crippen LogP contribution >= 0.6 is 0 Å². The Bertz CT molecular complexity index is 167. The lowest BCUT2D eigenvalue weighted by atomic mass is 10.1. The van der Waals surface area contributed by atoms with Crippen LogP contribution in [0.25, 0.3) is 0 Å². The second kappa shape index (κ2) is 18.7. The Morgan fingerprint density at radius 1 is 0.571 bits per heavy atom. The predicted molar refractivity (Wildman–Crippen MR) is 103 cm³/mol. The van der Waals surface area contributed by atoms with Crippen LogP contribution in [0.4, 0.5) is 0 Å². The highest BCUT2D eigenvalue weighted by Crippen LogP contribution is 2.14. The highest BCUT2D eigenvalue weighted by atomic mass is 29.5. The van der Waals surface area contributed by atoms with E-state index in [0.717, 1.165) is 8.55 Å². The Morgan fingerprint density at radius 2 is 0.905 bits per heavy atom. The topological polar surface area (TPSA) is 0 Å². The molecule has 0 unspecified atom stereocenters. The molecule has 0 amide bonds. The summed E-state index contributed by atoms with van der Waals surface area (Å²) in [5.41, 5.74) is 0. The third-order valence-electron chi connectivity index (χ3n) is 4.34. The lowest BCUT2D eigenvalue weighted by molar-refractivity contribution is 0.597. The quantitative estimate of drug-likeness (QED) is 0.217. The Labute approximate surface area is 142 Å². The summed E-state index contributed by atoms with van der Waals surface area (Å²) < 4.78 is 0. The van der Waals surface area contributed by atoms with Crippen molar-refractivity contribution in [3.8, 4) is 0 Å². The van der Waals surface area contributed by atoms with Crippen molar-refractivity contribution < 1.29 is 0 Å². The van der Waals surface area contributed by atoms with Crippen molar-refractivity contribution in [1.82, 2.24) is 0 Å². The number of rotatable bonds is 17. The summed E-state index contributed by atoms with van der Waals surface area (Å²) in [6.07, 6.45) is 20.5. The average Bonchev–Trinajstić information content (AvgIpc) is 2.51. The molecule has 0 aromatic heterocycles. The monoisotopic (exact) mass is 338 g/mol. The molecule has 0 heterocycles. The lowest BCUT2D eigenvalue weighted by Crippen LogP contribution is -2.22. The van der Waals surface area contributed by atoms with Crippen molar-refractivity contribution in [3.63, 3.8) is 0 Å². The van der Waals surface area contributed by atoms with E-state index in [2.05, 4.69) is 23.6 Å². The van der Waals surface area contributed by atoms with Gasteiger partial charge in [0.05, 0.1) is 0 Å². The molecule has 0 N–H and O–H groups in total. The molecule has 0 aliphatic carbocycles. The minimum Gasteiger partial charge on any atom is -0.0654 e. The molecule has 21 heavy (non-hydrogen) atoms. The smallest absolute Gasteiger partial charge is 0.0303 e. The SMILES string of the molecule is CCCCCCCCC[Si](CCCCCCCCC)[Si][Si]. The molecule has 122 valence electrons. The van der Waals surface area contributed by atoms with E-state index in [1.165, 1.54) is 89.9 Å². The highest BCUT2D eigenvalue weighted by Gasteiger charge is 2.08. The molecule has 0 aromatic carbocycles. The Hall–Kier alpha value is 0.651. The first-order valence-corrected chi connectivity index (χ1v) is 15.0. The maximum absolute atomic E-state index is 3.84. The number of unbranched alkanes of at least 4 members (excludes halogenated alkanes) is 12. The van der Waals surface area contributed by atoms with Crippen LogP contribution in [0.2, 0.25) is 12.1 Å². The summed E-state index contributed by atoms with van der Waals surface area (Å²) in [7, 11) is 4.89. The summed E-state index contributed by atoms with van der Waals surface area (Å²) >= 11 is 0. The Balaban J connectivity index is 3.29. The van der Waals surface area contributed by atoms with Gasteiger partial charge in [0.2, 0.25) is 0 Å². The minimum atomic E-state index is -0.0368. The van der Waals surface area contributed by atoms with Crippen molar-refractivity contribution in [2.24, 2.45) is 0 Å². The molecule has 0 atom stereocenters. The van der Waals surface area contributed by atoms with E-state index in [-0.39, 0.29) is 8.31 Å². The average molecular weight is 339 g/mol. The van der Waals surface area contributed by atoms with Gasteiger partial charge in [-0.05, 0) is 0 Å². The van der Waals surface area contributed by atoms with E-state index in [9.17, 15) is 0 Å². The van der Waals surface area contributed by atoms with Gasteiger partial charge in [-0.15, -0.1) is 0 Å². The molecule has 0 spiro atoms. The molecule has 0 saturated heterocycles. The molecule has 3 heteroatoms. The zero-order valence-corrected chi connectivity index (χ0v) is 17.8. The van der Waals surface area contributed by atoms with Gasteiger partial charge in [-0.1, -0.05) is 116 Å². The normalized spacial score (nSPS) is 11.4. The van der Waals surface area contributed by atoms with Gasteiger partial charge in [-0.25, -0.2) is 0 Å². The molecule has 0 nitrogen and oxygen atoms in total. The van der Waals surface area contributed by atoms with E-state index in [4.69, 9.17) is 0 Å². The van der Waals surface area contributed by atoms with Gasteiger partial charge in [0, 0.05) is 26.6 Å². The van der Waals surface area contributed by atoms with Gasteiger partial charge in [-0.3, -0.25) is 0 Å². The van der Waals surface area contributed by atoms with Crippen LogP contribution in [0.1, 0.15) is 104 Å². The Morgan fingerprint density at radius 3 is 1.24 bits per heavy atom. The zero-order chi connectivity index (χ0) is 15.6. The molecule has 0 aliphatic heterocycles. The molecular formula is C18H38Si3. The standard InChI is InChI=1S/C18H38Si3/c1-3-5-7-9-11-13-15-17-21(20-19)18-16-14-12-10-8-6-4-2/h3-18H2,1-2H3. The van der Waals surface area contributed by atoms with Crippen LogP contribution in [0.5, 0.6) is 0 Å². The summed E-state index contributed by atoms with van der Waals surface area (Å²) in [6, 6.07) is 3.13. The van der Waals surface area contributed by atoms with E-state index < -0.39 is 0 Å². The van der Waals surface area contributed by atoms with Crippen LogP contribution in [0.3, 0.4) is 0 Å². The van der Waals surface area contributed by atoms with Crippen molar-refractivity contribution in [1.29, 1.82) is 0 Å².